The monoisotopic (exact) mass is 215 g/mol. The standard InChI is InChI=1S/C13H13NS/c1-8(2)10-5-4-6-12-13(10)11(7-14)9(3)15-12/h4-6,8H,1-3H3. The van der Waals surface area contributed by atoms with E-state index in [2.05, 4.69) is 38.1 Å². The van der Waals surface area contributed by atoms with Gasteiger partial charge < -0.3 is 0 Å². The molecule has 0 spiro atoms. The maximum absolute atomic E-state index is 9.17. The van der Waals surface area contributed by atoms with Gasteiger partial charge in [-0.3, -0.25) is 0 Å². The van der Waals surface area contributed by atoms with Crippen molar-refractivity contribution in [2.24, 2.45) is 0 Å². The van der Waals surface area contributed by atoms with Crippen LogP contribution in [0.4, 0.5) is 0 Å². The molecule has 76 valence electrons. The fourth-order valence-electron chi connectivity index (χ4n) is 1.91. The maximum atomic E-state index is 9.17. The lowest BCUT2D eigenvalue weighted by atomic mass is 9.97. The zero-order chi connectivity index (χ0) is 11.0. The average molecular weight is 215 g/mol. The number of nitrogens with zero attached hydrogens (tertiary/aromatic N) is 1. The van der Waals surface area contributed by atoms with Gasteiger partial charge in [0.15, 0.2) is 0 Å². The topological polar surface area (TPSA) is 23.8 Å². The number of nitriles is 1. The van der Waals surface area contributed by atoms with Crippen LogP contribution in [0.2, 0.25) is 0 Å². The second-order valence-corrected chi connectivity index (χ2v) is 5.28. The van der Waals surface area contributed by atoms with Crippen LogP contribution in [0.5, 0.6) is 0 Å². The van der Waals surface area contributed by atoms with E-state index in [9.17, 15) is 0 Å². The van der Waals surface area contributed by atoms with Crippen molar-refractivity contribution in [1.29, 1.82) is 5.26 Å². The zero-order valence-electron chi connectivity index (χ0n) is 9.16. The summed E-state index contributed by atoms with van der Waals surface area (Å²) in [5.74, 6) is 0.467. The third-order valence-electron chi connectivity index (χ3n) is 2.66. The predicted octanol–water partition coefficient (Wildman–Crippen LogP) is 4.20. The summed E-state index contributed by atoms with van der Waals surface area (Å²) in [6.07, 6.45) is 0. The molecule has 2 heteroatoms. The van der Waals surface area contributed by atoms with Crippen LogP contribution < -0.4 is 0 Å². The summed E-state index contributed by atoms with van der Waals surface area (Å²) in [7, 11) is 0. The molecule has 0 unspecified atom stereocenters. The van der Waals surface area contributed by atoms with E-state index >= 15 is 0 Å². The quantitative estimate of drug-likeness (QED) is 0.699. The minimum atomic E-state index is 0.467. The summed E-state index contributed by atoms with van der Waals surface area (Å²) in [5.41, 5.74) is 2.15. The summed E-state index contributed by atoms with van der Waals surface area (Å²) in [6, 6.07) is 8.62. The maximum Gasteiger partial charge on any atom is 0.101 e. The molecule has 0 aliphatic rings. The molecule has 0 aliphatic heterocycles. The number of hydrogen-bond acceptors (Lipinski definition) is 2. The highest BCUT2D eigenvalue weighted by Gasteiger charge is 2.13. The Bertz CT molecular complexity index is 543. The van der Waals surface area contributed by atoms with Gasteiger partial charge in [0.25, 0.3) is 0 Å². The van der Waals surface area contributed by atoms with Crippen LogP contribution in [0.15, 0.2) is 18.2 Å². The van der Waals surface area contributed by atoms with Crippen molar-refractivity contribution in [2.45, 2.75) is 26.7 Å². The van der Waals surface area contributed by atoms with Crippen molar-refractivity contribution < 1.29 is 0 Å². The van der Waals surface area contributed by atoms with Crippen LogP contribution in [0.1, 0.15) is 35.8 Å². The highest BCUT2D eigenvalue weighted by atomic mass is 32.1. The Hall–Kier alpha value is -1.33. The van der Waals surface area contributed by atoms with E-state index in [1.165, 1.54) is 10.3 Å². The van der Waals surface area contributed by atoms with Crippen molar-refractivity contribution in [2.75, 3.05) is 0 Å². The molecule has 1 nitrogen and oxygen atoms in total. The first-order chi connectivity index (χ1) is 7.15. The first-order valence-electron chi connectivity index (χ1n) is 5.07. The summed E-state index contributed by atoms with van der Waals surface area (Å²) in [4.78, 5) is 1.13. The van der Waals surface area contributed by atoms with E-state index in [1.54, 1.807) is 11.3 Å². The van der Waals surface area contributed by atoms with Crippen molar-refractivity contribution in [3.63, 3.8) is 0 Å². The number of aryl methyl sites for hydroxylation is 1. The van der Waals surface area contributed by atoms with Crippen LogP contribution in [-0.4, -0.2) is 0 Å². The first-order valence-corrected chi connectivity index (χ1v) is 5.89. The molecule has 0 amide bonds. The van der Waals surface area contributed by atoms with Gasteiger partial charge in [0.05, 0.1) is 5.56 Å². The molecule has 1 aromatic heterocycles. The van der Waals surface area contributed by atoms with Gasteiger partial charge in [0, 0.05) is 15.0 Å². The summed E-state index contributed by atoms with van der Waals surface area (Å²) in [5, 5.41) is 10.3. The smallest absolute Gasteiger partial charge is 0.101 e. The highest BCUT2D eigenvalue weighted by Crippen LogP contribution is 2.35. The third-order valence-corrected chi connectivity index (χ3v) is 3.73. The average Bonchev–Trinajstić information content (AvgIpc) is 2.52. The normalized spacial score (nSPS) is 10.9. The molecule has 0 radical (unpaired) electrons. The molecular formula is C13H13NS. The third kappa shape index (κ3) is 1.53. The molecule has 0 fully saturated rings. The number of fused-ring (bicyclic) bond motifs is 1. The number of benzene rings is 1. The highest BCUT2D eigenvalue weighted by molar-refractivity contribution is 7.19. The van der Waals surface area contributed by atoms with E-state index in [1.807, 2.05) is 6.92 Å². The van der Waals surface area contributed by atoms with Crippen LogP contribution in [0, 0.1) is 18.3 Å². The predicted molar refractivity (Wildman–Crippen MR) is 65.4 cm³/mol. The van der Waals surface area contributed by atoms with Gasteiger partial charge >= 0.3 is 0 Å². The second-order valence-electron chi connectivity index (χ2n) is 4.02. The molecule has 2 aromatic rings. The van der Waals surface area contributed by atoms with Gasteiger partial charge in [-0.05, 0) is 24.5 Å². The van der Waals surface area contributed by atoms with Crippen molar-refractivity contribution in [1.82, 2.24) is 0 Å². The molecule has 0 atom stereocenters. The molecule has 1 aromatic carbocycles. The van der Waals surface area contributed by atoms with Gasteiger partial charge in [-0.1, -0.05) is 26.0 Å². The lowest BCUT2D eigenvalue weighted by molar-refractivity contribution is 0.876. The molecule has 0 bridgehead atoms. The van der Waals surface area contributed by atoms with Crippen molar-refractivity contribution in [3.05, 3.63) is 34.2 Å². The number of hydrogen-bond donors (Lipinski definition) is 0. The van der Waals surface area contributed by atoms with Crippen LogP contribution in [-0.2, 0) is 0 Å². The van der Waals surface area contributed by atoms with E-state index < -0.39 is 0 Å². The number of thiophene rings is 1. The van der Waals surface area contributed by atoms with E-state index in [0.717, 1.165) is 15.8 Å². The summed E-state index contributed by atoms with van der Waals surface area (Å²) < 4.78 is 1.23. The largest absolute Gasteiger partial charge is 0.192 e. The summed E-state index contributed by atoms with van der Waals surface area (Å²) >= 11 is 1.71. The zero-order valence-corrected chi connectivity index (χ0v) is 9.98. The van der Waals surface area contributed by atoms with Crippen LogP contribution >= 0.6 is 11.3 Å². The lowest BCUT2D eigenvalue weighted by Crippen LogP contribution is -1.89. The van der Waals surface area contributed by atoms with Crippen molar-refractivity contribution >= 4 is 21.4 Å². The van der Waals surface area contributed by atoms with E-state index in [4.69, 9.17) is 5.26 Å². The Balaban J connectivity index is 2.89. The minimum Gasteiger partial charge on any atom is -0.192 e. The van der Waals surface area contributed by atoms with Crippen LogP contribution in [0.25, 0.3) is 10.1 Å². The Labute approximate surface area is 94.0 Å². The Morgan fingerprint density at radius 3 is 2.67 bits per heavy atom. The van der Waals surface area contributed by atoms with Gasteiger partial charge in [-0.25, -0.2) is 0 Å². The fraction of sp³-hybridized carbons (Fsp3) is 0.308. The molecule has 15 heavy (non-hydrogen) atoms. The van der Waals surface area contributed by atoms with Gasteiger partial charge in [0.2, 0.25) is 0 Å². The van der Waals surface area contributed by atoms with E-state index in [0.29, 0.717) is 5.92 Å². The Morgan fingerprint density at radius 2 is 2.07 bits per heavy atom. The summed E-state index contributed by atoms with van der Waals surface area (Å²) in [6.45, 7) is 6.36. The van der Waals surface area contributed by atoms with Crippen LogP contribution in [0.3, 0.4) is 0 Å². The first kappa shape index (κ1) is 10.2. The SMILES string of the molecule is Cc1sc2cccc(C(C)C)c2c1C#N. The molecule has 0 aliphatic carbocycles. The molecule has 1 heterocycles. The Morgan fingerprint density at radius 1 is 1.33 bits per heavy atom. The number of rotatable bonds is 1. The minimum absolute atomic E-state index is 0.467. The molecule has 0 saturated carbocycles. The van der Waals surface area contributed by atoms with Gasteiger partial charge in [0.1, 0.15) is 6.07 Å². The van der Waals surface area contributed by atoms with Gasteiger partial charge in [-0.15, -0.1) is 11.3 Å². The van der Waals surface area contributed by atoms with Gasteiger partial charge in [-0.2, -0.15) is 5.26 Å². The Kier molecular flexibility index (Phi) is 2.50. The molecule has 0 N–H and O–H groups in total. The van der Waals surface area contributed by atoms with Crippen molar-refractivity contribution in [3.8, 4) is 6.07 Å². The molecule has 2 rings (SSSR count). The lowest BCUT2D eigenvalue weighted by Gasteiger charge is -2.06. The fourth-order valence-corrected chi connectivity index (χ4v) is 2.96. The van der Waals surface area contributed by atoms with E-state index in [-0.39, 0.29) is 0 Å². The molecule has 0 saturated heterocycles. The second kappa shape index (κ2) is 3.67. The molecular weight excluding hydrogens is 202 g/mol.